The zero-order valence-corrected chi connectivity index (χ0v) is 14.2. The zero-order chi connectivity index (χ0) is 14.6. The molecule has 0 radical (unpaired) electrons. The summed E-state index contributed by atoms with van der Waals surface area (Å²) in [6.07, 6.45) is 1.90. The number of carbonyl (C=O) groups is 1. The number of rotatable bonds is 6. The monoisotopic (exact) mass is 415 g/mol. The SMILES string of the molecule is CSC(C)CNS(=O)(=O)c1ccc(I)c(C(=O)O)c1. The van der Waals surface area contributed by atoms with E-state index in [2.05, 4.69) is 4.72 Å². The number of benzene rings is 1. The van der Waals surface area contributed by atoms with Crippen molar-refractivity contribution >= 4 is 50.3 Å². The van der Waals surface area contributed by atoms with Gasteiger partial charge in [0, 0.05) is 15.4 Å². The molecule has 0 heterocycles. The first-order valence-electron chi connectivity index (χ1n) is 5.33. The predicted octanol–water partition coefficient (Wildman–Crippen LogP) is 2.02. The minimum absolute atomic E-state index is 0.0126. The van der Waals surface area contributed by atoms with E-state index in [4.69, 9.17) is 5.11 Å². The number of aromatic carboxylic acids is 1. The van der Waals surface area contributed by atoms with Gasteiger partial charge in [0.1, 0.15) is 0 Å². The van der Waals surface area contributed by atoms with Gasteiger partial charge in [-0.2, -0.15) is 11.8 Å². The molecule has 0 fully saturated rings. The molecule has 1 aromatic rings. The van der Waals surface area contributed by atoms with Gasteiger partial charge in [0.15, 0.2) is 0 Å². The molecule has 0 bridgehead atoms. The van der Waals surface area contributed by atoms with Crippen molar-refractivity contribution in [3.63, 3.8) is 0 Å². The Hall–Kier alpha value is -0.320. The largest absolute Gasteiger partial charge is 0.478 e. The lowest BCUT2D eigenvalue weighted by atomic mass is 10.2. The summed E-state index contributed by atoms with van der Waals surface area (Å²) in [7, 11) is -3.67. The number of halogens is 1. The van der Waals surface area contributed by atoms with Crippen molar-refractivity contribution in [2.45, 2.75) is 17.1 Å². The van der Waals surface area contributed by atoms with Crippen LogP contribution in [0.2, 0.25) is 0 Å². The highest BCUT2D eigenvalue weighted by molar-refractivity contribution is 14.1. The van der Waals surface area contributed by atoms with Gasteiger partial charge in [-0.25, -0.2) is 17.9 Å². The first kappa shape index (κ1) is 16.7. The molecule has 0 aliphatic carbocycles. The maximum atomic E-state index is 12.0. The summed E-state index contributed by atoms with van der Waals surface area (Å²) >= 11 is 3.41. The van der Waals surface area contributed by atoms with Crippen LogP contribution in [0.25, 0.3) is 0 Å². The van der Waals surface area contributed by atoms with E-state index in [1.54, 1.807) is 11.8 Å². The van der Waals surface area contributed by atoms with Gasteiger partial charge < -0.3 is 5.11 Å². The Labute approximate surface area is 130 Å². The van der Waals surface area contributed by atoms with Gasteiger partial charge in [-0.05, 0) is 47.0 Å². The molecule has 5 nitrogen and oxygen atoms in total. The van der Waals surface area contributed by atoms with Crippen molar-refractivity contribution in [2.24, 2.45) is 0 Å². The van der Waals surface area contributed by atoms with Gasteiger partial charge in [-0.3, -0.25) is 0 Å². The number of carboxylic acids is 1. The van der Waals surface area contributed by atoms with Gasteiger partial charge >= 0.3 is 5.97 Å². The molecule has 0 aliphatic rings. The van der Waals surface area contributed by atoms with Gasteiger partial charge in [-0.1, -0.05) is 6.92 Å². The van der Waals surface area contributed by atoms with Crippen LogP contribution >= 0.6 is 34.4 Å². The molecule has 1 aromatic carbocycles. The third-order valence-electron chi connectivity index (χ3n) is 2.44. The molecule has 8 heteroatoms. The molecule has 0 amide bonds. The lowest BCUT2D eigenvalue weighted by Crippen LogP contribution is -2.29. The molecule has 0 aromatic heterocycles. The van der Waals surface area contributed by atoms with Gasteiger partial charge in [0.25, 0.3) is 0 Å². The third-order valence-corrected chi connectivity index (χ3v) is 5.78. The second-order valence-electron chi connectivity index (χ2n) is 3.85. The Morgan fingerprint density at radius 2 is 2.16 bits per heavy atom. The van der Waals surface area contributed by atoms with Crippen molar-refractivity contribution in [1.82, 2.24) is 4.72 Å². The lowest BCUT2D eigenvalue weighted by Gasteiger charge is -2.11. The van der Waals surface area contributed by atoms with Crippen LogP contribution in [0.1, 0.15) is 17.3 Å². The van der Waals surface area contributed by atoms with E-state index < -0.39 is 16.0 Å². The van der Waals surface area contributed by atoms with Crippen LogP contribution in [0.5, 0.6) is 0 Å². The van der Waals surface area contributed by atoms with E-state index in [1.807, 2.05) is 35.8 Å². The predicted molar refractivity (Wildman–Crippen MR) is 84.3 cm³/mol. The van der Waals surface area contributed by atoms with Gasteiger partial charge in [0.2, 0.25) is 10.0 Å². The Morgan fingerprint density at radius 3 is 2.68 bits per heavy atom. The van der Waals surface area contributed by atoms with Crippen LogP contribution in [-0.2, 0) is 10.0 Å². The molecular weight excluding hydrogens is 401 g/mol. The molecule has 0 saturated heterocycles. The van der Waals surface area contributed by atoms with E-state index >= 15 is 0 Å². The topological polar surface area (TPSA) is 83.5 Å². The van der Waals surface area contributed by atoms with Crippen molar-refractivity contribution in [3.8, 4) is 0 Å². The van der Waals surface area contributed by atoms with E-state index in [0.29, 0.717) is 10.1 Å². The molecule has 106 valence electrons. The fourth-order valence-electron chi connectivity index (χ4n) is 1.23. The smallest absolute Gasteiger partial charge is 0.336 e. The number of nitrogens with one attached hydrogen (secondary N) is 1. The maximum Gasteiger partial charge on any atom is 0.336 e. The van der Waals surface area contributed by atoms with Crippen LogP contribution in [-0.4, -0.2) is 37.5 Å². The Morgan fingerprint density at radius 1 is 1.53 bits per heavy atom. The van der Waals surface area contributed by atoms with Crippen molar-refractivity contribution in [2.75, 3.05) is 12.8 Å². The fourth-order valence-corrected chi connectivity index (χ4v) is 3.31. The highest BCUT2D eigenvalue weighted by Crippen LogP contribution is 2.18. The Bertz CT molecular complexity index is 574. The average molecular weight is 415 g/mol. The Balaban J connectivity index is 3.02. The van der Waals surface area contributed by atoms with Crippen LogP contribution < -0.4 is 4.72 Å². The molecule has 2 N–H and O–H groups in total. The van der Waals surface area contributed by atoms with Crippen LogP contribution in [0.4, 0.5) is 0 Å². The Kier molecular flexibility index (Phi) is 6.09. The number of carboxylic acid groups (broad SMARTS) is 1. The molecule has 0 saturated carbocycles. The standard InChI is InChI=1S/C11H14INO4S2/c1-7(18-2)6-13-19(16,17)8-3-4-10(12)9(5-8)11(14)15/h3-5,7,13H,6H2,1-2H3,(H,14,15). The summed E-state index contributed by atoms with van der Waals surface area (Å²) in [4.78, 5) is 11.0. The molecule has 0 spiro atoms. The second kappa shape index (κ2) is 6.91. The van der Waals surface area contributed by atoms with Crippen LogP contribution in [0, 0.1) is 3.57 Å². The summed E-state index contributed by atoms with van der Waals surface area (Å²) in [5.74, 6) is -1.14. The lowest BCUT2D eigenvalue weighted by molar-refractivity contribution is 0.0695. The van der Waals surface area contributed by atoms with E-state index in [0.717, 1.165) is 0 Å². The molecule has 1 rings (SSSR count). The minimum Gasteiger partial charge on any atom is -0.478 e. The van der Waals surface area contributed by atoms with E-state index in [-0.39, 0.29) is 15.7 Å². The summed E-state index contributed by atoms with van der Waals surface area (Å²) in [5.41, 5.74) is -0.0126. The van der Waals surface area contributed by atoms with Crippen LogP contribution in [0.15, 0.2) is 23.1 Å². The summed E-state index contributed by atoms with van der Waals surface area (Å²) < 4.78 is 27.0. The number of hydrogen-bond donors (Lipinski definition) is 2. The van der Waals surface area contributed by atoms with E-state index in [9.17, 15) is 13.2 Å². The molecule has 1 unspecified atom stereocenters. The number of hydrogen-bond acceptors (Lipinski definition) is 4. The number of sulfonamides is 1. The first-order valence-corrected chi connectivity index (χ1v) is 9.18. The molecule has 0 aliphatic heterocycles. The van der Waals surface area contributed by atoms with Crippen molar-refractivity contribution in [3.05, 3.63) is 27.3 Å². The number of thioether (sulfide) groups is 1. The molecule has 1 atom stereocenters. The van der Waals surface area contributed by atoms with Crippen molar-refractivity contribution in [1.29, 1.82) is 0 Å². The third kappa shape index (κ3) is 4.62. The molecule has 19 heavy (non-hydrogen) atoms. The van der Waals surface area contributed by atoms with Gasteiger partial charge in [-0.15, -0.1) is 0 Å². The van der Waals surface area contributed by atoms with Crippen LogP contribution in [0.3, 0.4) is 0 Å². The van der Waals surface area contributed by atoms with Crippen molar-refractivity contribution < 1.29 is 18.3 Å². The molecular formula is C11H14INO4S2. The summed E-state index contributed by atoms with van der Waals surface area (Å²) in [5, 5.41) is 9.14. The zero-order valence-electron chi connectivity index (χ0n) is 10.4. The van der Waals surface area contributed by atoms with Gasteiger partial charge in [0.05, 0.1) is 10.5 Å². The normalized spacial score (nSPS) is 13.2. The summed E-state index contributed by atoms with van der Waals surface area (Å²) in [6.45, 7) is 2.21. The minimum atomic E-state index is -3.67. The summed E-state index contributed by atoms with van der Waals surface area (Å²) in [6, 6.07) is 4.06. The second-order valence-corrected chi connectivity index (χ2v) is 8.05. The fraction of sp³-hybridized carbons (Fsp3) is 0.364. The van der Waals surface area contributed by atoms with E-state index in [1.165, 1.54) is 18.2 Å². The quantitative estimate of drug-likeness (QED) is 0.695. The highest BCUT2D eigenvalue weighted by atomic mass is 127. The first-order chi connectivity index (χ1) is 8.77. The highest BCUT2D eigenvalue weighted by Gasteiger charge is 2.18. The average Bonchev–Trinajstić information content (AvgIpc) is 2.35. The maximum absolute atomic E-state index is 12.0.